The molecule has 3 aliphatic rings. The van der Waals surface area contributed by atoms with Gasteiger partial charge in [0.1, 0.15) is 39.3 Å². The van der Waals surface area contributed by atoms with Crippen molar-refractivity contribution >= 4 is 26.5 Å². The normalized spacial score (nSPS) is 24.1. The minimum atomic E-state index is -3.52. The van der Waals surface area contributed by atoms with Crippen LogP contribution in [-0.2, 0) is 23.1 Å². The fraction of sp³-hybridized carbons (Fsp3) is 0.545. The number of piperazine rings is 1. The van der Waals surface area contributed by atoms with E-state index >= 15 is 0 Å². The molecule has 3 aliphatic heterocycles. The first-order chi connectivity index (χ1) is 12.9. The number of hydrogen-bond acceptors (Lipinski definition) is 2. The van der Waals surface area contributed by atoms with Gasteiger partial charge in [0, 0.05) is 22.1 Å². The van der Waals surface area contributed by atoms with Crippen molar-refractivity contribution in [3.05, 3.63) is 35.4 Å². The van der Waals surface area contributed by atoms with Crippen LogP contribution in [0.15, 0.2) is 29.2 Å². The lowest BCUT2D eigenvalue weighted by molar-refractivity contribution is -1.03. The van der Waals surface area contributed by atoms with Crippen molar-refractivity contribution in [2.24, 2.45) is 0 Å². The van der Waals surface area contributed by atoms with Crippen molar-refractivity contribution in [1.29, 1.82) is 0 Å². The molecule has 1 saturated heterocycles. The lowest BCUT2D eigenvalue weighted by atomic mass is 9.98. The summed E-state index contributed by atoms with van der Waals surface area (Å²) in [6.07, 6.45) is 0. The van der Waals surface area contributed by atoms with Crippen LogP contribution in [0.4, 0.5) is 5.69 Å². The monoisotopic (exact) mass is 401 g/mol. The Morgan fingerprint density at radius 2 is 1.68 bits per heavy atom. The van der Waals surface area contributed by atoms with Gasteiger partial charge in [-0.1, -0.05) is 12.1 Å². The quantitative estimate of drug-likeness (QED) is 0.636. The Balaban J connectivity index is 1.72. The second-order valence-electron chi connectivity index (χ2n) is 10.6. The number of anilines is 1. The van der Waals surface area contributed by atoms with Gasteiger partial charge in [0.25, 0.3) is 10.0 Å². The molecular weight excluding hydrogens is 370 g/mol. The van der Waals surface area contributed by atoms with Gasteiger partial charge in [-0.05, 0) is 38.3 Å². The van der Waals surface area contributed by atoms with Gasteiger partial charge in [-0.15, -0.1) is 0 Å². The molecule has 1 spiro atoms. The minimum Gasteiger partial charge on any atom is -0.319 e. The third-order valence-electron chi connectivity index (χ3n) is 6.99. The number of sulfonamides is 1. The maximum absolute atomic E-state index is 13.5. The topological polar surface area (TPSA) is 37.4 Å². The molecule has 0 N–H and O–H groups in total. The van der Waals surface area contributed by atoms with E-state index in [0.29, 0.717) is 4.90 Å². The second kappa shape index (κ2) is 5.29. The summed E-state index contributed by atoms with van der Waals surface area (Å²) in [5.74, 6) is 0. The van der Waals surface area contributed by atoms with E-state index in [-0.39, 0.29) is 0 Å². The zero-order valence-electron chi connectivity index (χ0n) is 17.6. The molecule has 0 bridgehead atoms. The Hall–Kier alpha value is -1.63. The third kappa shape index (κ3) is 2.41. The standard InChI is InChI=1S/C22H31N3O2S/c1-22(2,3)23-21-18-15-25(11-9-24(4,5)10-12-25)14-17(18)13-16-7-6-8-19(20(16)21)28(23,26)27/h6-8,13H,9-12,14-15H2,1-5H3/q+2. The van der Waals surface area contributed by atoms with Crippen molar-refractivity contribution in [3.63, 3.8) is 0 Å². The van der Waals surface area contributed by atoms with Crippen LogP contribution in [0, 0.1) is 0 Å². The molecule has 5 nitrogen and oxygen atoms in total. The van der Waals surface area contributed by atoms with Gasteiger partial charge in [0.05, 0.1) is 24.7 Å². The molecule has 0 amide bonds. The first-order valence-corrected chi connectivity index (χ1v) is 11.7. The number of quaternary nitrogens is 2. The zero-order valence-corrected chi connectivity index (χ0v) is 18.4. The van der Waals surface area contributed by atoms with Gasteiger partial charge in [-0.25, -0.2) is 8.42 Å². The molecule has 0 radical (unpaired) electrons. The van der Waals surface area contributed by atoms with Gasteiger partial charge >= 0.3 is 0 Å². The van der Waals surface area contributed by atoms with E-state index in [4.69, 9.17) is 0 Å². The molecule has 5 rings (SSSR count). The summed E-state index contributed by atoms with van der Waals surface area (Å²) in [7, 11) is 1.11. The molecular formula is C22H31N3O2S+2. The fourth-order valence-corrected chi connectivity index (χ4v) is 7.51. The molecule has 0 aromatic heterocycles. The average molecular weight is 402 g/mol. The molecule has 6 heteroatoms. The molecule has 150 valence electrons. The van der Waals surface area contributed by atoms with E-state index in [1.54, 1.807) is 10.4 Å². The van der Waals surface area contributed by atoms with E-state index in [9.17, 15) is 8.42 Å². The van der Waals surface area contributed by atoms with Crippen LogP contribution in [-0.4, -0.2) is 63.2 Å². The molecule has 2 aromatic carbocycles. The van der Waals surface area contributed by atoms with Crippen LogP contribution in [0.25, 0.3) is 10.8 Å². The van der Waals surface area contributed by atoms with Crippen molar-refractivity contribution in [2.75, 3.05) is 44.6 Å². The highest BCUT2D eigenvalue weighted by Gasteiger charge is 2.49. The Kier molecular flexibility index (Phi) is 3.48. The van der Waals surface area contributed by atoms with Crippen LogP contribution in [0.3, 0.4) is 0 Å². The second-order valence-corrected chi connectivity index (χ2v) is 12.4. The van der Waals surface area contributed by atoms with Crippen LogP contribution < -0.4 is 4.31 Å². The number of nitrogens with zero attached hydrogens (tertiary/aromatic N) is 3. The van der Waals surface area contributed by atoms with E-state index in [0.717, 1.165) is 51.6 Å². The highest BCUT2D eigenvalue weighted by Crippen LogP contribution is 2.51. The molecule has 0 saturated carbocycles. The summed E-state index contributed by atoms with van der Waals surface area (Å²) in [4.78, 5) is 0.479. The van der Waals surface area contributed by atoms with Gasteiger partial charge in [-0.2, -0.15) is 0 Å². The van der Waals surface area contributed by atoms with Crippen molar-refractivity contribution < 1.29 is 17.4 Å². The minimum absolute atomic E-state index is 0.479. The van der Waals surface area contributed by atoms with Crippen LogP contribution in [0.2, 0.25) is 0 Å². The average Bonchev–Trinajstić information content (AvgIpc) is 3.05. The van der Waals surface area contributed by atoms with E-state index < -0.39 is 15.6 Å². The van der Waals surface area contributed by atoms with Crippen molar-refractivity contribution in [2.45, 2.75) is 44.3 Å². The van der Waals surface area contributed by atoms with E-state index in [1.807, 2.05) is 26.8 Å². The summed E-state index contributed by atoms with van der Waals surface area (Å²) >= 11 is 0. The molecule has 2 aromatic rings. The predicted octanol–water partition coefficient (Wildman–Crippen LogP) is 3.07. The van der Waals surface area contributed by atoms with Crippen LogP contribution in [0.1, 0.15) is 31.9 Å². The smallest absolute Gasteiger partial charge is 0.265 e. The van der Waals surface area contributed by atoms with Gasteiger partial charge < -0.3 is 8.97 Å². The highest BCUT2D eigenvalue weighted by atomic mass is 32.2. The van der Waals surface area contributed by atoms with Crippen LogP contribution in [0.5, 0.6) is 0 Å². The van der Waals surface area contributed by atoms with Crippen molar-refractivity contribution in [1.82, 2.24) is 0 Å². The lowest BCUT2D eigenvalue weighted by Crippen LogP contribution is -2.61. The number of fused-ring (bicyclic) bond motifs is 2. The number of hydrogen-bond donors (Lipinski definition) is 0. The van der Waals surface area contributed by atoms with Crippen LogP contribution >= 0.6 is 0 Å². The molecule has 3 heterocycles. The summed E-state index contributed by atoms with van der Waals surface area (Å²) in [5, 5.41) is 2.00. The lowest BCUT2D eigenvalue weighted by Gasteiger charge is -2.44. The molecule has 28 heavy (non-hydrogen) atoms. The molecule has 0 atom stereocenters. The van der Waals surface area contributed by atoms with Gasteiger partial charge in [0.15, 0.2) is 0 Å². The van der Waals surface area contributed by atoms with E-state index in [2.05, 4.69) is 26.2 Å². The van der Waals surface area contributed by atoms with Gasteiger partial charge in [0.2, 0.25) is 0 Å². The summed E-state index contributed by atoms with van der Waals surface area (Å²) in [6.45, 7) is 12.7. The number of benzene rings is 2. The van der Waals surface area contributed by atoms with Crippen molar-refractivity contribution in [3.8, 4) is 0 Å². The summed E-state index contributed by atoms with van der Waals surface area (Å²) in [5.41, 5.74) is 3.08. The Morgan fingerprint density at radius 1 is 1.00 bits per heavy atom. The molecule has 0 aliphatic carbocycles. The predicted molar refractivity (Wildman–Crippen MR) is 113 cm³/mol. The molecule has 0 unspecified atom stereocenters. The SMILES string of the molecule is CC(C)(C)N1c2c3c(cc4cccc(c24)S1(=O)=O)C[N+]1(CC[N+](C)(C)CC1)C3. The molecule has 1 fully saturated rings. The first kappa shape index (κ1) is 18.4. The Morgan fingerprint density at radius 3 is 2.32 bits per heavy atom. The maximum atomic E-state index is 13.5. The number of rotatable bonds is 0. The largest absolute Gasteiger partial charge is 0.319 e. The summed E-state index contributed by atoms with van der Waals surface area (Å²) < 4.78 is 30.8. The van der Waals surface area contributed by atoms with E-state index in [1.165, 1.54) is 24.2 Å². The number of likely N-dealkylation sites (N-methyl/N-ethyl adjacent to an activating group) is 1. The van der Waals surface area contributed by atoms with Gasteiger partial charge in [-0.3, -0.25) is 4.31 Å². The maximum Gasteiger partial charge on any atom is 0.265 e. The summed E-state index contributed by atoms with van der Waals surface area (Å²) in [6, 6.07) is 8.00. The third-order valence-corrected chi connectivity index (χ3v) is 9.09. The fourth-order valence-electron chi connectivity index (χ4n) is 5.43. The Bertz CT molecular complexity index is 1100. The highest BCUT2D eigenvalue weighted by molar-refractivity contribution is 7.93. The first-order valence-electron chi connectivity index (χ1n) is 10.2. The zero-order chi connectivity index (χ0) is 20.1. The Labute approximate surface area is 168 Å².